The van der Waals surface area contributed by atoms with E-state index >= 15 is 0 Å². The molecule has 0 spiro atoms. The van der Waals surface area contributed by atoms with Crippen molar-refractivity contribution >= 4 is 39.3 Å². The van der Waals surface area contributed by atoms with Crippen LogP contribution in [0.4, 0.5) is 3.89 Å². The molecule has 0 unspecified atom stereocenters. The molecule has 0 amide bonds. The first kappa shape index (κ1) is 8.07. The molecule has 0 radical (unpaired) electrons. The summed E-state index contributed by atoms with van der Waals surface area (Å²) < 4.78 is 14.5. The maximum atomic E-state index is 12.2. The van der Waals surface area contributed by atoms with Crippen molar-refractivity contribution in [3.05, 3.63) is 29.0 Å². The lowest BCUT2D eigenvalue weighted by Gasteiger charge is -1.94. The van der Waals surface area contributed by atoms with Crippen LogP contribution in [0.25, 0.3) is 11.0 Å². The summed E-state index contributed by atoms with van der Waals surface area (Å²) in [6, 6.07) is 5.55. The zero-order chi connectivity index (χ0) is 8.55. The number of fused-ring (bicyclic) bond motifs is 1. The lowest BCUT2D eigenvalue weighted by Crippen LogP contribution is -1.78. The standard InChI is InChI=1S/C7H4BrFN2S/c8-5-1-2-6-7(3-5)11(12-9)4-10-6/h1-4H. The van der Waals surface area contributed by atoms with Gasteiger partial charge in [0.05, 0.1) is 11.0 Å². The zero-order valence-electron chi connectivity index (χ0n) is 5.87. The van der Waals surface area contributed by atoms with E-state index in [0.717, 1.165) is 15.5 Å². The van der Waals surface area contributed by atoms with E-state index in [1.807, 2.05) is 18.2 Å². The summed E-state index contributed by atoms with van der Waals surface area (Å²) >= 11 is 3.45. The van der Waals surface area contributed by atoms with Crippen LogP contribution in [-0.4, -0.2) is 8.96 Å². The molecule has 12 heavy (non-hydrogen) atoms. The van der Waals surface area contributed by atoms with Gasteiger partial charge in [0.2, 0.25) is 0 Å². The van der Waals surface area contributed by atoms with Gasteiger partial charge in [-0.3, -0.25) is 0 Å². The highest BCUT2D eigenvalue weighted by molar-refractivity contribution is 9.10. The molecule has 0 aliphatic carbocycles. The molecule has 0 aliphatic heterocycles. The van der Waals surface area contributed by atoms with Gasteiger partial charge in [-0.1, -0.05) is 15.9 Å². The number of imidazole rings is 1. The van der Waals surface area contributed by atoms with Crippen LogP contribution in [0.2, 0.25) is 0 Å². The minimum atomic E-state index is 0.147. The molecule has 5 heteroatoms. The molecule has 62 valence electrons. The molecular weight excluding hydrogens is 243 g/mol. The predicted molar refractivity (Wildman–Crippen MR) is 51.5 cm³/mol. The van der Waals surface area contributed by atoms with Crippen LogP contribution in [0.3, 0.4) is 0 Å². The number of benzene rings is 1. The summed E-state index contributed by atoms with van der Waals surface area (Å²) in [6.07, 6.45) is 1.46. The van der Waals surface area contributed by atoms with Gasteiger partial charge in [-0.25, -0.2) is 8.96 Å². The van der Waals surface area contributed by atoms with Crippen molar-refractivity contribution in [3.63, 3.8) is 0 Å². The number of aromatic nitrogens is 2. The molecular formula is C7H4BrFN2S. The topological polar surface area (TPSA) is 17.8 Å². The van der Waals surface area contributed by atoms with Crippen molar-refractivity contribution in [2.45, 2.75) is 0 Å². The Balaban J connectivity index is 2.75. The fraction of sp³-hybridized carbons (Fsp3) is 0. The van der Waals surface area contributed by atoms with E-state index in [9.17, 15) is 3.89 Å². The van der Waals surface area contributed by atoms with E-state index < -0.39 is 0 Å². The van der Waals surface area contributed by atoms with E-state index in [-0.39, 0.29) is 12.3 Å². The van der Waals surface area contributed by atoms with Crippen LogP contribution in [0.1, 0.15) is 0 Å². The van der Waals surface area contributed by atoms with Gasteiger partial charge in [0, 0.05) is 4.47 Å². The molecule has 2 aromatic rings. The Hall–Kier alpha value is -0.550. The first-order chi connectivity index (χ1) is 5.81. The van der Waals surface area contributed by atoms with E-state index in [2.05, 4.69) is 20.9 Å². The molecule has 2 rings (SSSR count). The minimum Gasteiger partial charge on any atom is -0.245 e. The summed E-state index contributed by atoms with van der Waals surface area (Å²) in [4.78, 5) is 4.01. The number of rotatable bonds is 1. The van der Waals surface area contributed by atoms with Gasteiger partial charge >= 0.3 is 0 Å². The molecule has 0 atom stereocenters. The van der Waals surface area contributed by atoms with E-state index in [0.29, 0.717) is 0 Å². The van der Waals surface area contributed by atoms with Crippen molar-refractivity contribution < 1.29 is 3.89 Å². The zero-order valence-corrected chi connectivity index (χ0v) is 8.27. The van der Waals surface area contributed by atoms with Gasteiger partial charge in [0.1, 0.15) is 6.33 Å². The second-order valence-corrected chi connectivity index (χ2v) is 3.72. The van der Waals surface area contributed by atoms with Crippen LogP contribution < -0.4 is 0 Å². The predicted octanol–water partition coefficient (Wildman–Crippen LogP) is 3.18. The van der Waals surface area contributed by atoms with Crippen molar-refractivity contribution in [2.75, 3.05) is 0 Å². The Bertz CT molecular complexity index is 415. The molecule has 0 saturated heterocycles. The first-order valence-electron chi connectivity index (χ1n) is 3.23. The molecule has 1 aromatic heterocycles. The number of halogens is 2. The third-order valence-corrected chi connectivity index (χ3v) is 2.48. The second-order valence-electron chi connectivity index (χ2n) is 2.27. The third kappa shape index (κ3) is 1.23. The van der Waals surface area contributed by atoms with Crippen molar-refractivity contribution in [1.29, 1.82) is 0 Å². The van der Waals surface area contributed by atoms with Gasteiger partial charge in [0.15, 0.2) is 12.3 Å². The number of hydrogen-bond acceptors (Lipinski definition) is 2. The van der Waals surface area contributed by atoms with Gasteiger partial charge in [-0.05, 0) is 18.2 Å². The van der Waals surface area contributed by atoms with E-state index in [4.69, 9.17) is 0 Å². The maximum absolute atomic E-state index is 12.2. The fourth-order valence-electron chi connectivity index (χ4n) is 1.01. The summed E-state index contributed by atoms with van der Waals surface area (Å²) in [5, 5.41) is 0. The smallest absolute Gasteiger partial charge is 0.171 e. The number of hydrogen-bond donors (Lipinski definition) is 0. The van der Waals surface area contributed by atoms with Gasteiger partial charge in [0.25, 0.3) is 0 Å². The SMILES string of the molecule is FSn1cnc2ccc(Br)cc21. The average Bonchev–Trinajstić information content (AvgIpc) is 2.46. The molecule has 0 aliphatic rings. The fourth-order valence-corrected chi connectivity index (χ4v) is 1.67. The van der Waals surface area contributed by atoms with Gasteiger partial charge in [-0.15, -0.1) is 3.89 Å². The third-order valence-electron chi connectivity index (χ3n) is 1.55. The Morgan fingerprint density at radius 3 is 3.08 bits per heavy atom. The summed E-state index contributed by atoms with van der Waals surface area (Å²) in [7, 11) is 0. The van der Waals surface area contributed by atoms with Crippen molar-refractivity contribution in [2.24, 2.45) is 0 Å². The molecule has 0 saturated carbocycles. The highest BCUT2D eigenvalue weighted by Gasteiger charge is 2.02. The molecule has 0 N–H and O–H groups in total. The average molecular weight is 247 g/mol. The Kier molecular flexibility index (Phi) is 2.06. The van der Waals surface area contributed by atoms with Crippen LogP contribution in [0.5, 0.6) is 0 Å². The summed E-state index contributed by atoms with van der Waals surface area (Å²) in [5.74, 6) is 0. The Morgan fingerprint density at radius 2 is 2.33 bits per heavy atom. The minimum absolute atomic E-state index is 0.147. The van der Waals surface area contributed by atoms with Crippen molar-refractivity contribution in [3.8, 4) is 0 Å². The highest BCUT2D eigenvalue weighted by Crippen LogP contribution is 2.22. The monoisotopic (exact) mass is 246 g/mol. The highest BCUT2D eigenvalue weighted by atomic mass is 79.9. The van der Waals surface area contributed by atoms with Crippen LogP contribution >= 0.6 is 28.3 Å². The van der Waals surface area contributed by atoms with Crippen LogP contribution in [0, 0.1) is 0 Å². The van der Waals surface area contributed by atoms with E-state index in [1.165, 1.54) is 10.3 Å². The lowest BCUT2D eigenvalue weighted by atomic mass is 10.3. The Labute approximate surface area is 81.3 Å². The quantitative estimate of drug-likeness (QED) is 0.770. The summed E-state index contributed by atoms with van der Waals surface area (Å²) in [5.41, 5.74) is 1.57. The molecule has 2 nitrogen and oxygen atoms in total. The number of nitrogens with zero attached hydrogens (tertiary/aromatic N) is 2. The van der Waals surface area contributed by atoms with Gasteiger partial charge < -0.3 is 0 Å². The lowest BCUT2D eigenvalue weighted by molar-refractivity contribution is 0.919. The van der Waals surface area contributed by atoms with Crippen LogP contribution in [-0.2, 0) is 0 Å². The largest absolute Gasteiger partial charge is 0.245 e. The van der Waals surface area contributed by atoms with Crippen molar-refractivity contribution in [1.82, 2.24) is 8.96 Å². The van der Waals surface area contributed by atoms with E-state index in [1.54, 1.807) is 0 Å². The maximum Gasteiger partial charge on any atom is 0.171 e. The second kappa shape index (κ2) is 3.06. The van der Waals surface area contributed by atoms with Crippen LogP contribution in [0.15, 0.2) is 29.0 Å². The normalized spacial score (nSPS) is 10.8. The molecule has 1 aromatic carbocycles. The molecule has 1 heterocycles. The Morgan fingerprint density at radius 1 is 1.50 bits per heavy atom. The van der Waals surface area contributed by atoms with Gasteiger partial charge in [-0.2, -0.15) is 0 Å². The summed E-state index contributed by atoms with van der Waals surface area (Å²) in [6.45, 7) is 0. The molecule has 0 fully saturated rings. The first-order valence-corrected chi connectivity index (χ1v) is 4.69. The molecule has 0 bridgehead atoms.